The van der Waals surface area contributed by atoms with Crippen LogP contribution < -0.4 is 5.32 Å². The van der Waals surface area contributed by atoms with Crippen molar-refractivity contribution < 1.29 is 0 Å². The summed E-state index contributed by atoms with van der Waals surface area (Å²) in [6.45, 7) is 5.30. The third-order valence-electron chi connectivity index (χ3n) is 3.45. The molecular formula is C18H24ClN. The van der Waals surface area contributed by atoms with Crippen LogP contribution in [0.15, 0.2) is 54.6 Å². The predicted octanol–water partition coefficient (Wildman–Crippen LogP) is 5.05. The quantitative estimate of drug-likeness (QED) is 0.785. The number of hydrogen-bond donors (Lipinski definition) is 1. The topological polar surface area (TPSA) is 12.0 Å². The molecule has 1 nitrogen and oxygen atoms in total. The normalized spacial score (nSPS) is 11.7. The minimum absolute atomic E-state index is 0. The number of benzene rings is 2. The monoisotopic (exact) mass is 289 g/mol. The lowest BCUT2D eigenvalue weighted by molar-refractivity contribution is 0.493. The molecule has 0 fully saturated rings. The summed E-state index contributed by atoms with van der Waals surface area (Å²) in [5, 5.41) is 3.67. The molecule has 2 heteroatoms. The summed E-state index contributed by atoms with van der Waals surface area (Å²) < 4.78 is 0. The highest BCUT2D eigenvalue weighted by molar-refractivity contribution is 5.85. The lowest BCUT2D eigenvalue weighted by Gasteiger charge is -2.18. The van der Waals surface area contributed by atoms with Crippen LogP contribution in [0.2, 0.25) is 0 Å². The van der Waals surface area contributed by atoms with Gasteiger partial charge in [-0.05, 0) is 24.5 Å². The Kier molecular flexibility index (Phi) is 7.35. The van der Waals surface area contributed by atoms with Gasteiger partial charge in [0.05, 0.1) is 0 Å². The van der Waals surface area contributed by atoms with Crippen LogP contribution in [0.3, 0.4) is 0 Å². The first-order valence-corrected chi connectivity index (χ1v) is 7.13. The smallest absolute Gasteiger partial charge is 0.0323 e. The average Bonchev–Trinajstić information content (AvgIpc) is 2.46. The van der Waals surface area contributed by atoms with Crippen LogP contribution >= 0.6 is 12.4 Å². The van der Waals surface area contributed by atoms with E-state index >= 15 is 0 Å². The molecule has 2 aromatic carbocycles. The van der Waals surface area contributed by atoms with Gasteiger partial charge >= 0.3 is 0 Å². The van der Waals surface area contributed by atoms with Crippen molar-refractivity contribution in [3.05, 3.63) is 71.3 Å². The molecule has 1 unspecified atom stereocenters. The van der Waals surface area contributed by atoms with E-state index in [0.717, 1.165) is 6.54 Å². The molecule has 2 aromatic rings. The van der Waals surface area contributed by atoms with Crippen LogP contribution in [-0.2, 0) is 6.54 Å². The van der Waals surface area contributed by atoms with E-state index in [9.17, 15) is 0 Å². The van der Waals surface area contributed by atoms with Gasteiger partial charge in [0.2, 0.25) is 0 Å². The molecule has 1 N–H and O–H groups in total. The number of aryl methyl sites for hydroxylation is 1. The maximum Gasteiger partial charge on any atom is 0.0323 e. The second kappa shape index (κ2) is 8.78. The minimum Gasteiger partial charge on any atom is -0.306 e. The molecule has 0 saturated carbocycles. The first-order valence-electron chi connectivity index (χ1n) is 7.13. The molecule has 0 aromatic heterocycles. The first-order chi connectivity index (χ1) is 9.29. The van der Waals surface area contributed by atoms with Gasteiger partial charge in [-0.2, -0.15) is 0 Å². The van der Waals surface area contributed by atoms with Gasteiger partial charge in [0, 0.05) is 12.6 Å². The van der Waals surface area contributed by atoms with Crippen molar-refractivity contribution in [3.8, 4) is 0 Å². The zero-order valence-corrected chi connectivity index (χ0v) is 13.1. The van der Waals surface area contributed by atoms with Gasteiger partial charge in [-0.3, -0.25) is 0 Å². The molecule has 0 amide bonds. The molecule has 2 rings (SSSR count). The Labute approximate surface area is 128 Å². The molecule has 0 aliphatic heterocycles. The molecular weight excluding hydrogens is 266 g/mol. The van der Waals surface area contributed by atoms with Crippen molar-refractivity contribution in [2.75, 3.05) is 0 Å². The standard InChI is InChI=1S/C18H23N.ClH/c1-3-7-18(17-8-5-4-6-9-17)19-14-16-12-10-15(2)11-13-16;/h4-6,8-13,18-19H,3,7,14H2,1-2H3;1H. The molecule has 0 heterocycles. The van der Waals surface area contributed by atoms with Crippen LogP contribution in [0.25, 0.3) is 0 Å². The summed E-state index contributed by atoms with van der Waals surface area (Å²) in [6.07, 6.45) is 2.37. The molecule has 0 spiro atoms. The van der Waals surface area contributed by atoms with Gasteiger partial charge < -0.3 is 5.32 Å². The fourth-order valence-electron chi connectivity index (χ4n) is 2.31. The fraction of sp³-hybridized carbons (Fsp3) is 0.333. The van der Waals surface area contributed by atoms with E-state index in [0.29, 0.717) is 6.04 Å². The van der Waals surface area contributed by atoms with E-state index in [2.05, 4.69) is 73.8 Å². The van der Waals surface area contributed by atoms with Gasteiger partial charge in [-0.25, -0.2) is 0 Å². The van der Waals surface area contributed by atoms with E-state index in [1.165, 1.54) is 29.5 Å². The molecule has 0 saturated heterocycles. The average molecular weight is 290 g/mol. The molecule has 0 aliphatic rings. The number of hydrogen-bond acceptors (Lipinski definition) is 1. The first kappa shape index (κ1) is 16.7. The van der Waals surface area contributed by atoms with Gasteiger partial charge in [-0.1, -0.05) is 73.5 Å². The highest BCUT2D eigenvalue weighted by Crippen LogP contribution is 2.18. The van der Waals surface area contributed by atoms with Crippen LogP contribution in [0.1, 0.15) is 42.5 Å². The molecule has 0 aliphatic carbocycles. The van der Waals surface area contributed by atoms with Crippen molar-refractivity contribution >= 4 is 12.4 Å². The molecule has 0 bridgehead atoms. The maximum absolute atomic E-state index is 3.67. The van der Waals surface area contributed by atoms with Crippen molar-refractivity contribution in [3.63, 3.8) is 0 Å². The maximum atomic E-state index is 3.67. The van der Waals surface area contributed by atoms with Crippen molar-refractivity contribution in [1.82, 2.24) is 5.32 Å². The predicted molar refractivity (Wildman–Crippen MR) is 89.4 cm³/mol. The van der Waals surface area contributed by atoms with Gasteiger partial charge in [0.15, 0.2) is 0 Å². The van der Waals surface area contributed by atoms with E-state index < -0.39 is 0 Å². The minimum atomic E-state index is 0. The van der Waals surface area contributed by atoms with Crippen LogP contribution in [0.5, 0.6) is 0 Å². The lowest BCUT2D eigenvalue weighted by atomic mass is 10.0. The van der Waals surface area contributed by atoms with E-state index in [1.54, 1.807) is 0 Å². The Morgan fingerprint density at radius 3 is 2.20 bits per heavy atom. The fourth-order valence-corrected chi connectivity index (χ4v) is 2.31. The Morgan fingerprint density at radius 2 is 1.60 bits per heavy atom. The molecule has 20 heavy (non-hydrogen) atoms. The van der Waals surface area contributed by atoms with Crippen molar-refractivity contribution in [2.24, 2.45) is 0 Å². The summed E-state index contributed by atoms with van der Waals surface area (Å²) in [5.74, 6) is 0. The highest BCUT2D eigenvalue weighted by Gasteiger charge is 2.09. The summed E-state index contributed by atoms with van der Waals surface area (Å²) >= 11 is 0. The molecule has 0 radical (unpaired) electrons. The van der Waals surface area contributed by atoms with E-state index in [4.69, 9.17) is 0 Å². The van der Waals surface area contributed by atoms with E-state index in [-0.39, 0.29) is 12.4 Å². The van der Waals surface area contributed by atoms with Gasteiger partial charge in [-0.15, -0.1) is 12.4 Å². The molecule has 1 atom stereocenters. The van der Waals surface area contributed by atoms with Crippen molar-refractivity contribution in [1.29, 1.82) is 0 Å². The second-order valence-electron chi connectivity index (χ2n) is 5.12. The number of nitrogens with one attached hydrogen (secondary N) is 1. The largest absolute Gasteiger partial charge is 0.306 e. The zero-order valence-electron chi connectivity index (χ0n) is 12.3. The number of halogens is 1. The van der Waals surface area contributed by atoms with Gasteiger partial charge in [0.25, 0.3) is 0 Å². The highest BCUT2D eigenvalue weighted by atomic mass is 35.5. The summed E-state index contributed by atoms with van der Waals surface area (Å²) in [7, 11) is 0. The SMILES string of the molecule is CCCC(NCc1ccc(C)cc1)c1ccccc1.Cl. The Morgan fingerprint density at radius 1 is 0.950 bits per heavy atom. The summed E-state index contributed by atoms with van der Waals surface area (Å²) in [4.78, 5) is 0. The third-order valence-corrected chi connectivity index (χ3v) is 3.45. The van der Waals surface area contributed by atoms with Crippen molar-refractivity contribution in [2.45, 2.75) is 39.3 Å². The van der Waals surface area contributed by atoms with Gasteiger partial charge in [0.1, 0.15) is 0 Å². The Hall–Kier alpha value is -1.31. The van der Waals surface area contributed by atoms with Crippen LogP contribution in [0.4, 0.5) is 0 Å². The Bertz CT molecular complexity index is 479. The third kappa shape index (κ3) is 4.99. The van der Waals surface area contributed by atoms with Crippen LogP contribution in [0, 0.1) is 6.92 Å². The van der Waals surface area contributed by atoms with E-state index in [1.807, 2.05) is 0 Å². The summed E-state index contributed by atoms with van der Waals surface area (Å²) in [5.41, 5.74) is 4.05. The lowest BCUT2D eigenvalue weighted by Crippen LogP contribution is -2.20. The zero-order chi connectivity index (χ0) is 13.5. The Balaban J connectivity index is 0.00000200. The molecule has 108 valence electrons. The second-order valence-corrected chi connectivity index (χ2v) is 5.12. The summed E-state index contributed by atoms with van der Waals surface area (Å²) in [6, 6.07) is 19.9. The van der Waals surface area contributed by atoms with Crippen LogP contribution in [-0.4, -0.2) is 0 Å². The number of rotatable bonds is 6.